The molecule has 1 aromatic carbocycles. The van der Waals surface area contributed by atoms with Gasteiger partial charge in [0.25, 0.3) is 5.91 Å². The van der Waals surface area contributed by atoms with Crippen LogP contribution in [-0.4, -0.2) is 41.4 Å². The SMILES string of the molecule is CCOc1ccccc1NC(=O)CN1C(=O)N[C@@]2(C[C@H](C)CC(C)(C)C2)C1=O. The summed E-state index contributed by atoms with van der Waals surface area (Å²) in [4.78, 5) is 39.2. The number of carbonyl (C=O) groups excluding carboxylic acids is 3. The maximum absolute atomic E-state index is 13.1. The van der Waals surface area contributed by atoms with Crippen molar-refractivity contribution < 1.29 is 19.1 Å². The van der Waals surface area contributed by atoms with Crippen molar-refractivity contribution in [2.24, 2.45) is 11.3 Å². The molecule has 28 heavy (non-hydrogen) atoms. The van der Waals surface area contributed by atoms with Crippen LogP contribution in [0.1, 0.15) is 47.0 Å². The minimum Gasteiger partial charge on any atom is -0.492 e. The van der Waals surface area contributed by atoms with Crippen molar-refractivity contribution in [2.45, 2.75) is 52.5 Å². The number of urea groups is 1. The first-order valence-corrected chi connectivity index (χ1v) is 9.81. The van der Waals surface area contributed by atoms with E-state index in [4.69, 9.17) is 4.74 Å². The van der Waals surface area contributed by atoms with Crippen molar-refractivity contribution >= 4 is 23.5 Å². The lowest BCUT2D eigenvalue weighted by Gasteiger charge is -2.43. The number of hydrogen-bond acceptors (Lipinski definition) is 4. The largest absolute Gasteiger partial charge is 0.492 e. The number of benzene rings is 1. The van der Waals surface area contributed by atoms with Crippen LogP contribution < -0.4 is 15.4 Å². The quantitative estimate of drug-likeness (QED) is 0.760. The van der Waals surface area contributed by atoms with Crippen LogP contribution in [0.4, 0.5) is 10.5 Å². The van der Waals surface area contributed by atoms with Gasteiger partial charge >= 0.3 is 6.03 Å². The number of nitrogens with zero attached hydrogens (tertiary/aromatic N) is 1. The van der Waals surface area contributed by atoms with Gasteiger partial charge in [0, 0.05) is 0 Å². The molecule has 1 spiro atoms. The van der Waals surface area contributed by atoms with Gasteiger partial charge in [-0.25, -0.2) is 4.79 Å². The Balaban J connectivity index is 1.72. The van der Waals surface area contributed by atoms with Crippen LogP contribution in [0.25, 0.3) is 0 Å². The van der Waals surface area contributed by atoms with E-state index in [0.29, 0.717) is 36.8 Å². The molecule has 4 amide bonds. The maximum Gasteiger partial charge on any atom is 0.325 e. The van der Waals surface area contributed by atoms with Crippen molar-refractivity contribution in [3.63, 3.8) is 0 Å². The smallest absolute Gasteiger partial charge is 0.325 e. The number of para-hydroxylation sites is 2. The Hall–Kier alpha value is -2.57. The molecule has 2 fully saturated rings. The van der Waals surface area contributed by atoms with Gasteiger partial charge in [0.1, 0.15) is 17.8 Å². The van der Waals surface area contributed by atoms with Gasteiger partial charge in [0.15, 0.2) is 0 Å². The predicted molar refractivity (Wildman–Crippen MR) is 106 cm³/mol. The first-order chi connectivity index (χ1) is 13.2. The molecule has 1 aliphatic carbocycles. The Bertz CT molecular complexity index is 792. The van der Waals surface area contributed by atoms with Gasteiger partial charge in [-0.1, -0.05) is 32.9 Å². The first-order valence-electron chi connectivity index (χ1n) is 9.81. The zero-order valence-electron chi connectivity index (χ0n) is 17.0. The minimum atomic E-state index is -0.901. The highest BCUT2D eigenvalue weighted by Gasteiger charge is 2.56. The van der Waals surface area contributed by atoms with Crippen LogP contribution in [0.2, 0.25) is 0 Å². The molecule has 2 N–H and O–H groups in total. The Morgan fingerprint density at radius 2 is 2.00 bits per heavy atom. The fourth-order valence-corrected chi connectivity index (χ4v) is 4.83. The normalized spacial score (nSPS) is 26.3. The zero-order chi connectivity index (χ0) is 20.5. The van der Waals surface area contributed by atoms with Gasteiger partial charge in [0.2, 0.25) is 5.91 Å². The third-order valence-corrected chi connectivity index (χ3v) is 5.39. The van der Waals surface area contributed by atoms with Crippen LogP contribution in [0.5, 0.6) is 5.75 Å². The molecule has 0 bridgehead atoms. The average molecular weight is 387 g/mol. The summed E-state index contributed by atoms with van der Waals surface area (Å²) in [5.74, 6) is 0.135. The van der Waals surface area contributed by atoms with Gasteiger partial charge in [0.05, 0.1) is 12.3 Å². The number of anilines is 1. The summed E-state index contributed by atoms with van der Waals surface area (Å²) in [6.45, 7) is 8.34. The summed E-state index contributed by atoms with van der Waals surface area (Å²) in [6.07, 6.45) is 2.19. The molecule has 2 atom stereocenters. The molecule has 3 rings (SSSR count). The predicted octanol–water partition coefficient (Wildman–Crippen LogP) is 3.16. The van der Waals surface area contributed by atoms with Gasteiger partial charge in [-0.3, -0.25) is 14.5 Å². The van der Waals surface area contributed by atoms with Gasteiger partial charge in [-0.2, -0.15) is 0 Å². The second kappa shape index (κ2) is 7.45. The van der Waals surface area contributed by atoms with Crippen molar-refractivity contribution in [1.82, 2.24) is 10.2 Å². The summed E-state index contributed by atoms with van der Waals surface area (Å²) < 4.78 is 5.50. The Labute approximate surface area is 165 Å². The van der Waals surface area contributed by atoms with Crippen LogP contribution in [0.15, 0.2) is 24.3 Å². The van der Waals surface area contributed by atoms with E-state index in [1.54, 1.807) is 18.2 Å². The number of hydrogen-bond donors (Lipinski definition) is 2. The van der Waals surface area contributed by atoms with Crippen LogP contribution >= 0.6 is 0 Å². The topological polar surface area (TPSA) is 87.7 Å². The van der Waals surface area contributed by atoms with E-state index < -0.39 is 17.5 Å². The van der Waals surface area contributed by atoms with Crippen molar-refractivity contribution in [3.8, 4) is 5.75 Å². The fraction of sp³-hybridized carbons (Fsp3) is 0.571. The molecule has 7 nitrogen and oxygen atoms in total. The average Bonchev–Trinajstić information content (AvgIpc) is 2.78. The molecule has 0 unspecified atom stereocenters. The summed E-state index contributed by atoms with van der Waals surface area (Å²) in [5, 5.41) is 5.63. The highest BCUT2D eigenvalue weighted by molar-refractivity contribution is 6.10. The van der Waals surface area contributed by atoms with Crippen LogP contribution in [0, 0.1) is 11.3 Å². The third-order valence-electron chi connectivity index (χ3n) is 5.39. The molecule has 0 radical (unpaired) electrons. The molecule has 0 aromatic heterocycles. The standard InChI is InChI=1S/C21H29N3O4/c1-5-28-16-9-7-6-8-15(16)22-17(25)12-24-18(26)21(23-19(24)27)11-14(2)10-20(3,4)13-21/h6-9,14H,5,10-13H2,1-4H3,(H,22,25)(H,23,27)/t14-,21-/m1/s1. The lowest BCUT2D eigenvalue weighted by atomic mass is 9.64. The highest BCUT2D eigenvalue weighted by Crippen LogP contribution is 2.46. The number of ether oxygens (including phenoxy) is 1. The first kappa shape index (κ1) is 20.2. The Kier molecular flexibility index (Phi) is 5.37. The molecule has 1 aromatic rings. The van der Waals surface area contributed by atoms with E-state index in [9.17, 15) is 14.4 Å². The van der Waals surface area contributed by atoms with E-state index in [2.05, 4.69) is 31.4 Å². The summed E-state index contributed by atoms with van der Waals surface area (Å²) >= 11 is 0. The Morgan fingerprint density at radius 1 is 1.29 bits per heavy atom. The lowest BCUT2D eigenvalue weighted by Crippen LogP contribution is -2.54. The number of imide groups is 1. The highest BCUT2D eigenvalue weighted by atomic mass is 16.5. The van der Waals surface area contributed by atoms with Gasteiger partial charge in [-0.05, 0) is 49.7 Å². The molecule has 1 aliphatic heterocycles. The molecule has 2 aliphatic rings. The Morgan fingerprint density at radius 3 is 2.68 bits per heavy atom. The number of nitrogens with one attached hydrogen (secondary N) is 2. The molecule has 1 saturated carbocycles. The monoisotopic (exact) mass is 387 g/mol. The third kappa shape index (κ3) is 3.98. The van der Waals surface area contributed by atoms with E-state index >= 15 is 0 Å². The maximum atomic E-state index is 13.1. The van der Waals surface area contributed by atoms with E-state index in [1.807, 2.05) is 13.0 Å². The number of rotatable bonds is 5. The van der Waals surface area contributed by atoms with Gasteiger partial charge < -0.3 is 15.4 Å². The van der Waals surface area contributed by atoms with Gasteiger partial charge in [-0.15, -0.1) is 0 Å². The molecule has 1 heterocycles. The summed E-state index contributed by atoms with van der Waals surface area (Å²) in [7, 11) is 0. The van der Waals surface area contributed by atoms with Crippen molar-refractivity contribution in [2.75, 3.05) is 18.5 Å². The fourth-order valence-electron chi connectivity index (χ4n) is 4.83. The van der Waals surface area contributed by atoms with E-state index in [1.165, 1.54) is 0 Å². The molecular weight excluding hydrogens is 358 g/mol. The van der Waals surface area contributed by atoms with E-state index in [-0.39, 0.29) is 17.9 Å². The van der Waals surface area contributed by atoms with Crippen LogP contribution in [-0.2, 0) is 9.59 Å². The molecule has 152 valence electrons. The summed E-state index contributed by atoms with van der Waals surface area (Å²) in [6, 6.07) is 6.58. The second-order valence-corrected chi connectivity index (χ2v) is 8.74. The summed E-state index contributed by atoms with van der Waals surface area (Å²) in [5.41, 5.74) is -0.430. The number of amides is 4. The molecule has 7 heteroatoms. The minimum absolute atomic E-state index is 0.0463. The molecular formula is C21H29N3O4. The zero-order valence-corrected chi connectivity index (χ0v) is 17.0. The van der Waals surface area contributed by atoms with Crippen molar-refractivity contribution in [3.05, 3.63) is 24.3 Å². The molecule has 1 saturated heterocycles. The number of carbonyl (C=O) groups is 3. The van der Waals surface area contributed by atoms with Crippen molar-refractivity contribution in [1.29, 1.82) is 0 Å². The van der Waals surface area contributed by atoms with Crippen LogP contribution in [0.3, 0.4) is 0 Å². The second-order valence-electron chi connectivity index (χ2n) is 8.74. The van der Waals surface area contributed by atoms with E-state index in [0.717, 1.165) is 11.3 Å². The lowest BCUT2D eigenvalue weighted by molar-refractivity contribution is -0.136.